The van der Waals surface area contributed by atoms with Crippen molar-refractivity contribution in [3.05, 3.63) is 29.8 Å². The number of fused-ring (bicyclic) bond motifs is 1. The lowest BCUT2D eigenvalue weighted by Gasteiger charge is -2.35. The van der Waals surface area contributed by atoms with Gasteiger partial charge in [-0.25, -0.2) is 4.79 Å². The Labute approximate surface area is 113 Å². The summed E-state index contributed by atoms with van der Waals surface area (Å²) in [5, 5.41) is 2.83. The highest BCUT2D eigenvalue weighted by atomic mass is 16.2. The average molecular weight is 260 g/mol. The molecule has 2 amide bonds. The molecule has 2 aliphatic rings. The van der Waals surface area contributed by atoms with E-state index in [1.54, 1.807) is 0 Å². The van der Waals surface area contributed by atoms with Crippen LogP contribution in [0.2, 0.25) is 0 Å². The third kappa shape index (κ3) is 2.38. The van der Waals surface area contributed by atoms with Crippen LogP contribution in [0.15, 0.2) is 24.3 Å². The van der Waals surface area contributed by atoms with E-state index in [0.717, 1.165) is 39.1 Å². The summed E-state index contributed by atoms with van der Waals surface area (Å²) in [6.07, 6.45) is 0.975. The molecule has 1 aromatic carbocycles. The molecule has 0 spiro atoms. The van der Waals surface area contributed by atoms with Gasteiger partial charge in [0.25, 0.3) is 0 Å². The van der Waals surface area contributed by atoms with Crippen molar-refractivity contribution >= 4 is 11.7 Å². The fourth-order valence-electron chi connectivity index (χ4n) is 2.86. The van der Waals surface area contributed by atoms with Crippen LogP contribution in [-0.4, -0.2) is 43.7 Å². The van der Waals surface area contributed by atoms with Crippen molar-refractivity contribution in [2.24, 2.45) is 5.73 Å². The molecule has 3 N–H and O–H groups in total. The zero-order valence-electron chi connectivity index (χ0n) is 11.0. The quantitative estimate of drug-likeness (QED) is 0.849. The number of amides is 2. The molecule has 2 heterocycles. The number of nitrogens with two attached hydrogens (primary N) is 1. The monoisotopic (exact) mass is 260 g/mol. The Hall–Kier alpha value is -1.75. The van der Waals surface area contributed by atoms with Crippen LogP contribution in [0.1, 0.15) is 18.0 Å². The molecule has 5 nitrogen and oxygen atoms in total. The zero-order valence-corrected chi connectivity index (χ0v) is 11.0. The molecular formula is C14H20N4O. The number of nitrogens with zero attached hydrogens (tertiary/aromatic N) is 2. The second kappa shape index (κ2) is 5.09. The van der Waals surface area contributed by atoms with Gasteiger partial charge in [0.05, 0.1) is 0 Å². The molecule has 1 atom stereocenters. The first-order chi connectivity index (χ1) is 9.25. The van der Waals surface area contributed by atoms with Crippen molar-refractivity contribution < 1.29 is 4.79 Å². The number of nitrogens with one attached hydrogen (secondary N) is 1. The van der Waals surface area contributed by atoms with Gasteiger partial charge in [-0.1, -0.05) is 18.2 Å². The Morgan fingerprint density at radius 3 is 2.79 bits per heavy atom. The van der Waals surface area contributed by atoms with Gasteiger partial charge in [-0.3, -0.25) is 0 Å². The lowest BCUT2D eigenvalue weighted by molar-refractivity contribution is 0.218. The molecule has 0 bridgehead atoms. The van der Waals surface area contributed by atoms with E-state index in [0.29, 0.717) is 0 Å². The third-order valence-corrected chi connectivity index (χ3v) is 3.97. The first-order valence-electron chi connectivity index (χ1n) is 6.88. The van der Waals surface area contributed by atoms with E-state index >= 15 is 0 Å². The summed E-state index contributed by atoms with van der Waals surface area (Å²) in [6, 6.07) is 8.51. The lowest BCUT2D eigenvalue weighted by atomic mass is 9.97. The molecule has 102 valence electrons. The Morgan fingerprint density at radius 2 is 2.00 bits per heavy atom. The normalized spacial score (nSPS) is 22.4. The summed E-state index contributed by atoms with van der Waals surface area (Å²) in [5.74, 6) is 0. The third-order valence-electron chi connectivity index (χ3n) is 3.97. The summed E-state index contributed by atoms with van der Waals surface area (Å²) in [5.41, 5.74) is 8.59. The second-order valence-corrected chi connectivity index (χ2v) is 5.16. The van der Waals surface area contributed by atoms with E-state index in [1.165, 1.54) is 11.3 Å². The van der Waals surface area contributed by atoms with Gasteiger partial charge in [-0.05, 0) is 18.1 Å². The minimum atomic E-state index is 0.0574. The number of benzene rings is 1. The molecular weight excluding hydrogens is 240 g/mol. The number of hydrogen-bond acceptors (Lipinski definition) is 3. The number of hydrogen-bond donors (Lipinski definition) is 2. The molecule has 1 fully saturated rings. The molecule has 3 rings (SSSR count). The molecule has 0 aliphatic carbocycles. The molecule has 19 heavy (non-hydrogen) atoms. The molecule has 5 heteroatoms. The van der Waals surface area contributed by atoms with Crippen LogP contribution in [0.25, 0.3) is 0 Å². The SMILES string of the molecule is NC1CCN(CCN2CCNC2=O)c2ccccc21. The first-order valence-corrected chi connectivity index (χ1v) is 6.88. The van der Waals surface area contributed by atoms with Crippen LogP contribution in [-0.2, 0) is 0 Å². The maximum Gasteiger partial charge on any atom is 0.317 e. The van der Waals surface area contributed by atoms with Crippen molar-refractivity contribution in [2.75, 3.05) is 37.6 Å². The van der Waals surface area contributed by atoms with Crippen molar-refractivity contribution in [3.63, 3.8) is 0 Å². The van der Waals surface area contributed by atoms with Crippen LogP contribution < -0.4 is 16.0 Å². The van der Waals surface area contributed by atoms with E-state index in [-0.39, 0.29) is 12.1 Å². The number of carbonyl (C=O) groups excluding carboxylic acids is 1. The predicted molar refractivity (Wildman–Crippen MR) is 75.2 cm³/mol. The summed E-state index contributed by atoms with van der Waals surface area (Å²) in [7, 11) is 0. The van der Waals surface area contributed by atoms with E-state index in [9.17, 15) is 4.79 Å². The molecule has 1 unspecified atom stereocenters. The predicted octanol–water partition coefficient (Wildman–Crippen LogP) is 0.922. The van der Waals surface area contributed by atoms with Gasteiger partial charge in [-0.15, -0.1) is 0 Å². The van der Waals surface area contributed by atoms with Gasteiger partial charge in [0.15, 0.2) is 0 Å². The van der Waals surface area contributed by atoms with Crippen LogP contribution in [0.3, 0.4) is 0 Å². The topological polar surface area (TPSA) is 61.6 Å². The van der Waals surface area contributed by atoms with Crippen molar-refractivity contribution in [1.29, 1.82) is 0 Å². The fraction of sp³-hybridized carbons (Fsp3) is 0.500. The fourth-order valence-corrected chi connectivity index (χ4v) is 2.86. The summed E-state index contributed by atoms with van der Waals surface area (Å²) >= 11 is 0. The molecule has 0 radical (unpaired) electrons. The number of urea groups is 1. The number of carbonyl (C=O) groups is 1. The smallest absolute Gasteiger partial charge is 0.317 e. The van der Waals surface area contributed by atoms with Gasteiger partial charge in [-0.2, -0.15) is 0 Å². The summed E-state index contributed by atoms with van der Waals surface area (Å²) in [4.78, 5) is 15.7. The summed E-state index contributed by atoms with van der Waals surface area (Å²) < 4.78 is 0. The van der Waals surface area contributed by atoms with E-state index in [2.05, 4.69) is 22.3 Å². The van der Waals surface area contributed by atoms with E-state index in [1.807, 2.05) is 17.0 Å². The second-order valence-electron chi connectivity index (χ2n) is 5.16. The Bertz CT molecular complexity index is 476. The minimum Gasteiger partial charge on any atom is -0.369 e. The molecule has 2 aliphatic heterocycles. The molecule has 1 saturated heterocycles. The standard InChI is InChI=1S/C14H20N4O/c15-12-5-7-17(13-4-2-1-3-11(12)13)9-10-18-8-6-16-14(18)19/h1-4,12H,5-10,15H2,(H,16,19). The van der Waals surface area contributed by atoms with Crippen molar-refractivity contribution in [2.45, 2.75) is 12.5 Å². The average Bonchev–Trinajstić information content (AvgIpc) is 2.84. The van der Waals surface area contributed by atoms with Gasteiger partial charge < -0.3 is 20.9 Å². The Balaban J connectivity index is 1.69. The van der Waals surface area contributed by atoms with Crippen molar-refractivity contribution in [3.8, 4) is 0 Å². The minimum absolute atomic E-state index is 0.0574. The van der Waals surface area contributed by atoms with Crippen LogP contribution in [0.4, 0.5) is 10.5 Å². The Morgan fingerprint density at radius 1 is 1.21 bits per heavy atom. The van der Waals surface area contributed by atoms with Gasteiger partial charge >= 0.3 is 6.03 Å². The molecule has 0 saturated carbocycles. The maximum absolute atomic E-state index is 11.5. The van der Waals surface area contributed by atoms with Crippen LogP contribution in [0.5, 0.6) is 0 Å². The Kier molecular flexibility index (Phi) is 3.29. The van der Waals surface area contributed by atoms with Gasteiger partial charge in [0, 0.05) is 44.5 Å². The van der Waals surface area contributed by atoms with Crippen molar-refractivity contribution in [1.82, 2.24) is 10.2 Å². The highest BCUT2D eigenvalue weighted by molar-refractivity contribution is 5.76. The largest absolute Gasteiger partial charge is 0.369 e. The van der Waals surface area contributed by atoms with Crippen LogP contribution >= 0.6 is 0 Å². The van der Waals surface area contributed by atoms with Crippen LogP contribution in [0, 0.1) is 0 Å². The molecule has 0 aromatic heterocycles. The highest BCUT2D eigenvalue weighted by Crippen LogP contribution is 2.31. The number of para-hydroxylation sites is 1. The van der Waals surface area contributed by atoms with E-state index < -0.39 is 0 Å². The molecule has 1 aromatic rings. The van der Waals surface area contributed by atoms with E-state index in [4.69, 9.17) is 5.73 Å². The maximum atomic E-state index is 11.5. The highest BCUT2D eigenvalue weighted by Gasteiger charge is 2.24. The zero-order chi connectivity index (χ0) is 13.2. The summed E-state index contributed by atoms with van der Waals surface area (Å²) in [6.45, 7) is 4.19. The van der Waals surface area contributed by atoms with Gasteiger partial charge in [0.2, 0.25) is 0 Å². The van der Waals surface area contributed by atoms with Gasteiger partial charge in [0.1, 0.15) is 0 Å². The number of anilines is 1. The first kappa shape index (κ1) is 12.3. The lowest BCUT2D eigenvalue weighted by Crippen LogP contribution is -2.40. The number of rotatable bonds is 3.